The number of hydrogen-bond donors (Lipinski definition) is 2. The van der Waals surface area contributed by atoms with Crippen LogP contribution in [0.15, 0.2) is 36.5 Å². The van der Waals surface area contributed by atoms with Crippen LogP contribution in [0.3, 0.4) is 0 Å². The molecule has 5 heteroatoms. The maximum Gasteiger partial charge on any atom is 0.337 e. The summed E-state index contributed by atoms with van der Waals surface area (Å²) in [6, 6.07) is 9.66. The largest absolute Gasteiger partial charge is 0.478 e. The molecule has 0 unspecified atom stereocenters. The number of carboxylic acid groups (broad SMARTS) is 1. The Labute approximate surface area is 116 Å². The lowest BCUT2D eigenvalue weighted by Gasteiger charge is -2.30. The Bertz CT molecular complexity index is 670. The fraction of sp³-hybridized carbons (Fsp3) is 0.200. The Morgan fingerprint density at radius 3 is 2.95 bits per heavy atom. The number of nitrogens with zero attached hydrogens (tertiary/aromatic N) is 2. The van der Waals surface area contributed by atoms with Gasteiger partial charge in [0.1, 0.15) is 5.82 Å². The average molecular weight is 269 g/mol. The van der Waals surface area contributed by atoms with Gasteiger partial charge in [-0.05, 0) is 30.5 Å². The van der Waals surface area contributed by atoms with Crippen LogP contribution >= 0.6 is 0 Å². The number of carboxylic acids is 1. The second-order valence-corrected chi connectivity index (χ2v) is 4.82. The minimum atomic E-state index is -1.03. The van der Waals surface area contributed by atoms with Crippen molar-refractivity contribution in [3.8, 4) is 0 Å². The van der Waals surface area contributed by atoms with Crippen molar-refractivity contribution in [1.82, 2.24) is 4.98 Å². The molecule has 1 aromatic carbocycles. The lowest BCUT2D eigenvalue weighted by atomic mass is 10.0. The molecule has 1 aromatic heterocycles. The summed E-state index contributed by atoms with van der Waals surface area (Å²) in [6.07, 6.45) is 3.47. The number of rotatable bonds is 2. The lowest BCUT2D eigenvalue weighted by Crippen LogP contribution is -2.25. The third-order valence-electron chi connectivity index (χ3n) is 3.54. The molecule has 0 aliphatic carbocycles. The molecule has 0 bridgehead atoms. The Morgan fingerprint density at radius 2 is 2.15 bits per heavy atom. The van der Waals surface area contributed by atoms with Crippen molar-refractivity contribution in [2.75, 3.05) is 17.2 Å². The number of aromatic nitrogens is 1. The minimum Gasteiger partial charge on any atom is -0.478 e. The zero-order chi connectivity index (χ0) is 14.1. The van der Waals surface area contributed by atoms with E-state index in [1.165, 1.54) is 11.8 Å². The second kappa shape index (κ2) is 4.85. The molecule has 2 aromatic rings. The average Bonchev–Trinajstić information content (AvgIpc) is 2.47. The number of nitrogens with two attached hydrogens (primary N) is 1. The van der Waals surface area contributed by atoms with Crippen LogP contribution < -0.4 is 10.6 Å². The lowest BCUT2D eigenvalue weighted by molar-refractivity contribution is 0.0698. The van der Waals surface area contributed by atoms with Gasteiger partial charge in [-0.2, -0.15) is 0 Å². The summed E-state index contributed by atoms with van der Waals surface area (Å²) in [5.41, 5.74) is 8.28. The molecule has 0 atom stereocenters. The molecule has 0 radical (unpaired) electrons. The molecule has 3 rings (SSSR count). The summed E-state index contributed by atoms with van der Waals surface area (Å²) >= 11 is 0. The van der Waals surface area contributed by atoms with Crippen molar-refractivity contribution in [3.63, 3.8) is 0 Å². The fourth-order valence-electron chi connectivity index (χ4n) is 2.56. The second-order valence-electron chi connectivity index (χ2n) is 4.82. The van der Waals surface area contributed by atoms with Crippen LogP contribution in [0.2, 0.25) is 0 Å². The van der Waals surface area contributed by atoms with Crippen LogP contribution in [0.4, 0.5) is 17.2 Å². The molecule has 0 fully saturated rings. The molecule has 3 N–H and O–H groups in total. The van der Waals surface area contributed by atoms with E-state index in [1.54, 1.807) is 6.07 Å². The predicted octanol–water partition coefficient (Wildman–Crippen LogP) is 2.45. The number of anilines is 3. The van der Waals surface area contributed by atoms with E-state index in [4.69, 9.17) is 10.8 Å². The topological polar surface area (TPSA) is 79.5 Å². The molecule has 0 saturated carbocycles. The highest BCUT2D eigenvalue weighted by molar-refractivity contribution is 5.94. The Kier molecular flexibility index (Phi) is 3.02. The number of nitrogen functional groups attached to an aromatic ring is 1. The number of aryl methyl sites for hydroxylation is 1. The molecule has 0 spiro atoms. The molecule has 0 saturated heterocycles. The van der Waals surface area contributed by atoms with Crippen molar-refractivity contribution in [2.24, 2.45) is 0 Å². The van der Waals surface area contributed by atoms with Crippen molar-refractivity contribution in [3.05, 3.63) is 47.7 Å². The van der Waals surface area contributed by atoms with E-state index < -0.39 is 5.97 Å². The SMILES string of the molecule is Nc1cnc(N2CCCc3ccccc32)cc1C(=O)O. The summed E-state index contributed by atoms with van der Waals surface area (Å²) in [5.74, 6) is -0.403. The van der Waals surface area contributed by atoms with Gasteiger partial charge in [0.25, 0.3) is 0 Å². The first-order valence-electron chi connectivity index (χ1n) is 6.51. The molecule has 0 amide bonds. The van der Waals surface area contributed by atoms with Crippen molar-refractivity contribution in [2.45, 2.75) is 12.8 Å². The highest BCUT2D eigenvalue weighted by Crippen LogP contribution is 2.33. The van der Waals surface area contributed by atoms with E-state index >= 15 is 0 Å². The van der Waals surface area contributed by atoms with Crippen molar-refractivity contribution in [1.29, 1.82) is 0 Å². The van der Waals surface area contributed by atoms with Crippen molar-refractivity contribution < 1.29 is 9.90 Å². The molecule has 1 aliphatic rings. The van der Waals surface area contributed by atoms with E-state index in [9.17, 15) is 4.79 Å². The van der Waals surface area contributed by atoms with Crippen LogP contribution in [0, 0.1) is 0 Å². The van der Waals surface area contributed by atoms with E-state index in [-0.39, 0.29) is 11.3 Å². The van der Waals surface area contributed by atoms with Crippen LogP contribution in [-0.4, -0.2) is 22.6 Å². The number of aromatic carboxylic acids is 1. The van der Waals surface area contributed by atoms with Gasteiger partial charge < -0.3 is 15.7 Å². The third-order valence-corrected chi connectivity index (χ3v) is 3.54. The highest BCUT2D eigenvalue weighted by Gasteiger charge is 2.20. The van der Waals surface area contributed by atoms with E-state index in [1.807, 2.05) is 23.1 Å². The van der Waals surface area contributed by atoms with Gasteiger partial charge in [-0.3, -0.25) is 0 Å². The molecule has 20 heavy (non-hydrogen) atoms. The zero-order valence-electron chi connectivity index (χ0n) is 10.9. The molecule has 5 nitrogen and oxygen atoms in total. The van der Waals surface area contributed by atoms with Crippen LogP contribution in [0.1, 0.15) is 22.3 Å². The summed E-state index contributed by atoms with van der Waals surface area (Å²) in [6.45, 7) is 0.826. The molecule has 102 valence electrons. The van der Waals surface area contributed by atoms with Gasteiger partial charge in [0.15, 0.2) is 0 Å². The highest BCUT2D eigenvalue weighted by atomic mass is 16.4. The first-order valence-corrected chi connectivity index (χ1v) is 6.51. The number of hydrogen-bond acceptors (Lipinski definition) is 4. The number of carbonyl (C=O) groups is 1. The number of fused-ring (bicyclic) bond motifs is 1. The summed E-state index contributed by atoms with van der Waals surface area (Å²) in [7, 11) is 0. The van der Waals surface area contributed by atoms with E-state index in [0.717, 1.165) is 25.1 Å². The third kappa shape index (κ3) is 2.07. The van der Waals surface area contributed by atoms with Crippen LogP contribution in [-0.2, 0) is 6.42 Å². The Balaban J connectivity index is 2.07. The standard InChI is InChI=1S/C15H15N3O2/c16-12-9-17-14(8-11(12)15(19)20)18-7-3-5-10-4-1-2-6-13(10)18/h1-2,4,6,8-9H,3,5,7,16H2,(H,19,20). The summed E-state index contributed by atoms with van der Waals surface area (Å²) < 4.78 is 0. The Morgan fingerprint density at radius 1 is 1.35 bits per heavy atom. The molecular formula is C15H15N3O2. The monoisotopic (exact) mass is 269 g/mol. The molecule has 1 aliphatic heterocycles. The quantitative estimate of drug-likeness (QED) is 0.875. The zero-order valence-corrected chi connectivity index (χ0v) is 10.9. The smallest absolute Gasteiger partial charge is 0.337 e. The number of para-hydroxylation sites is 1. The van der Waals surface area contributed by atoms with Gasteiger partial charge in [-0.25, -0.2) is 9.78 Å². The van der Waals surface area contributed by atoms with Crippen LogP contribution in [0.5, 0.6) is 0 Å². The molecule has 2 heterocycles. The minimum absolute atomic E-state index is 0.0954. The Hall–Kier alpha value is -2.56. The fourth-order valence-corrected chi connectivity index (χ4v) is 2.56. The van der Waals surface area contributed by atoms with Crippen LogP contribution in [0.25, 0.3) is 0 Å². The number of benzene rings is 1. The first-order chi connectivity index (χ1) is 9.66. The van der Waals surface area contributed by atoms with Gasteiger partial charge >= 0.3 is 5.97 Å². The maximum atomic E-state index is 11.2. The van der Waals surface area contributed by atoms with E-state index in [2.05, 4.69) is 11.1 Å². The van der Waals surface area contributed by atoms with Gasteiger partial charge in [0.05, 0.1) is 17.4 Å². The summed E-state index contributed by atoms with van der Waals surface area (Å²) in [5, 5.41) is 9.16. The van der Waals surface area contributed by atoms with Gasteiger partial charge in [-0.1, -0.05) is 18.2 Å². The first kappa shape index (κ1) is 12.5. The maximum absolute atomic E-state index is 11.2. The van der Waals surface area contributed by atoms with Gasteiger partial charge in [-0.15, -0.1) is 0 Å². The number of pyridine rings is 1. The van der Waals surface area contributed by atoms with Gasteiger partial charge in [0, 0.05) is 12.2 Å². The normalized spacial score (nSPS) is 13.9. The predicted molar refractivity (Wildman–Crippen MR) is 77.4 cm³/mol. The van der Waals surface area contributed by atoms with E-state index in [0.29, 0.717) is 5.82 Å². The van der Waals surface area contributed by atoms with Crippen molar-refractivity contribution >= 4 is 23.2 Å². The summed E-state index contributed by atoms with van der Waals surface area (Å²) in [4.78, 5) is 17.5. The van der Waals surface area contributed by atoms with Gasteiger partial charge in [0.2, 0.25) is 0 Å². The molecular weight excluding hydrogens is 254 g/mol.